The van der Waals surface area contributed by atoms with E-state index in [9.17, 15) is 34.8 Å². The molecule has 13 heteroatoms. The Kier molecular flexibility index (Phi) is 6.71. The monoisotopic (exact) mass is 691 g/mol. The van der Waals surface area contributed by atoms with Gasteiger partial charge in [0.05, 0.1) is 11.6 Å². The summed E-state index contributed by atoms with van der Waals surface area (Å²) >= 11 is 0. The van der Waals surface area contributed by atoms with Crippen molar-refractivity contribution >= 4 is 29.2 Å². The number of amides is 1. The number of aromatic hydroxyl groups is 1. The zero-order valence-corrected chi connectivity index (χ0v) is 23.3. The Balaban J connectivity index is 0.00000336. The third kappa shape index (κ3) is 3.66. The summed E-state index contributed by atoms with van der Waals surface area (Å²) in [5, 5.41) is 44.4. The Morgan fingerprint density at radius 2 is 1.76 bits per heavy atom. The number of aliphatic hydroxyl groups excluding tert-OH is 2. The summed E-state index contributed by atoms with van der Waals surface area (Å²) in [7, 11) is 3.09. The van der Waals surface area contributed by atoms with Crippen LogP contribution < -0.4 is 11.5 Å². The normalized spacial score (nSPS) is 26.5. The van der Waals surface area contributed by atoms with Crippen LogP contribution in [0.5, 0.6) is 5.75 Å². The minimum Gasteiger partial charge on any atom is -0.508 e. The average Bonchev–Trinajstić information content (AvgIpc) is 2.82. The van der Waals surface area contributed by atoms with Crippen molar-refractivity contribution in [2.75, 3.05) is 19.8 Å². The maximum Gasteiger partial charge on any atom is 0.255 e. The van der Waals surface area contributed by atoms with E-state index < -0.39 is 58.0 Å². The number of aromatic nitrogens is 2. The van der Waals surface area contributed by atoms with E-state index in [0.29, 0.717) is 16.7 Å². The summed E-state index contributed by atoms with van der Waals surface area (Å²) in [6.07, 6.45) is 3.14. The molecular weight excluding hydrogens is 666 g/mol. The molecule has 0 radical (unpaired) electrons. The van der Waals surface area contributed by atoms with Gasteiger partial charge in [0.1, 0.15) is 22.8 Å². The predicted octanol–water partition coefficient (Wildman–Crippen LogP) is 0.000700. The van der Waals surface area contributed by atoms with E-state index in [4.69, 9.17) is 11.5 Å². The fourth-order valence-electron chi connectivity index (χ4n) is 5.99. The first-order valence-electron chi connectivity index (χ1n) is 11.5. The number of phenols is 1. The molecule has 1 aromatic heterocycles. The van der Waals surface area contributed by atoms with Crippen LogP contribution in [-0.4, -0.2) is 78.5 Å². The minimum atomic E-state index is -2.68. The first kappa shape index (κ1) is 27.4. The number of ketones is 2. The van der Waals surface area contributed by atoms with Gasteiger partial charge in [-0.2, -0.15) is 0 Å². The molecule has 3 aliphatic rings. The van der Waals surface area contributed by atoms with Crippen LogP contribution in [0.2, 0.25) is 0 Å². The Labute approximate surface area is 230 Å². The van der Waals surface area contributed by atoms with Crippen molar-refractivity contribution < 1.29 is 55.9 Å². The Bertz CT molecular complexity index is 1450. The van der Waals surface area contributed by atoms with Gasteiger partial charge in [-0.05, 0) is 50.0 Å². The molecule has 0 aliphatic heterocycles. The fraction of sp³-hybridized carbons (Fsp3) is 0.320. The summed E-state index contributed by atoms with van der Waals surface area (Å²) in [6, 6.07) is 1.82. The molecule has 1 aromatic carbocycles. The Hall–Kier alpha value is -3.60. The number of likely N-dealkylation sites (N-methyl/N-ethyl adjacent to an activating group) is 1. The molecular formula is C25H25N5O7W. The first-order valence-corrected chi connectivity index (χ1v) is 11.5. The van der Waals surface area contributed by atoms with Crippen LogP contribution in [0.4, 0.5) is 5.95 Å². The fourth-order valence-corrected chi connectivity index (χ4v) is 5.99. The van der Waals surface area contributed by atoms with Crippen LogP contribution in [0.1, 0.15) is 17.5 Å². The average molecular weight is 691 g/mol. The van der Waals surface area contributed by atoms with Crippen LogP contribution in [0.25, 0.3) is 16.9 Å². The van der Waals surface area contributed by atoms with Gasteiger partial charge in [-0.1, -0.05) is 6.07 Å². The van der Waals surface area contributed by atoms with E-state index in [1.54, 1.807) is 20.2 Å². The van der Waals surface area contributed by atoms with E-state index in [0.717, 1.165) is 0 Å². The number of nitrogen functional groups attached to an aromatic ring is 1. The van der Waals surface area contributed by atoms with Gasteiger partial charge in [-0.15, -0.1) is 0 Å². The number of benzene rings is 1. The maximum absolute atomic E-state index is 13.8. The number of rotatable bonds is 3. The zero-order valence-electron chi connectivity index (χ0n) is 20.4. The molecule has 12 nitrogen and oxygen atoms in total. The molecule has 5 rings (SSSR count). The van der Waals surface area contributed by atoms with Crippen molar-refractivity contribution in [3.63, 3.8) is 0 Å². The summed E-state index contributed by atoms with van der Waals surface area (Å²) in [5.74, 6) is -6.90. The standard InChI is InChI=1S/C25H25N5O7.W/c1-30(2)18-13-6-9-5-12-11(10-7-28-24(27)29-8-10)3-4-14(31)16(12)19(32)15(9)21(34)25(13,37)22(35)17(20(18)33)23(26)36;/h3-4,7-9,13,18,31-32,35,37H,5-6H2,1-2H3,(H2,26,36)(H2,27,28,29);/t9-,13-,18-,25-;/m0./s1. The molecule has 1 saturated carbocycles. The molecule has 1 fully saturated rings. The molecule has 0 unspecified atom stereocenters. The molecule has 8 N–H and O–H groups in total. The Morgan fingerprint density at radius 3 is 2.34 bits per heavy atom. The van der Waals surface area contributed by atoms with Gasteiger partial charge in [-0.3, -0.25) is 19.3 Å². The number of fused-ring (bicyclic) bond motifs is 3. The quantitative estimate of drug-likeness (QED) is 0.236. The van der Waals surface area contributed by atoms with Crippen molar-refractivity contribution in [3.05, 3.63) is 52.6 Å². The van der Waals surface area contributed by atoms with Crippen LogP contribution in [0.15, 0.2) is 41.4 Å². The largest absolute Gasteiger partial charge is 0.508 e. The van der Waals surface area contributed by atoms with Gasteiger partial charge in [0.2, 0.25) is 11.7 Å². The smallest absolute Gasteiger partial charge is 0.255 e. The maximum atomic E-state index is 13.8. The van der Waals surface area contributed by atoms with E-state index in [-0.39, 0.29) is 56.7 Å². The van der Waals surface area contributed by atoms with Crippen LogP contribution >= 0.6 is 0 Å². The van der Waals surface area contributed by atoms with Gasteiger partial charge in [0.15, 0.2) is 11.4 Å². The van der Waals surface area contributed by atoms with E-state index >= 15 is 0 Å². The molecule has 0 bridgehead atoms. The number of nitrogens with zero attached hydrogens (tertiary/aromatic N) is 3. The van der Waals surface area contributed by atoms with E-state index in [2.05, 4.69) is 9.97 Å². The Morgan fingerprint density at radius 1 is 1.13 bits per heavy atom. The molecule has 1 amide bonds. The summed E-state index contributed by atoms with van der Waals surface area (Å²) in [5.41, 5.74) is 8.84. The number of carbonyl (C=O) groups is 3. The number of nitrogens with two attached hydrogens (primary N) is 2. The third-order valence-corrected chi connectivity index (χ3v) is 7.59. The number of carbonyl (C=O) groups excluding carboxylic acids is 3. The van der Waals surface area contributed by atoms with Gasteiger partial charge in [0.25, 0.3) is 5.91 Å². The van der Waals surface area contributed by atoms with E-state index in [1.165, 1.54) is 23.4 Å². The molecule has 3 aliphatic carbocycles. The van der Waals surface area contributed by atoms with Gasteiger partial charge in [-0.25, -0.2) is 9.97 Å². The number of anilines is 1. The van der Waals surface area contributed by atoms with Gasteiger partial charge in [0, 0.05) is 50.5 Å². The number of phenolic OH excluding ortho intramolecular Hbond substituents is 1. The second kappa shape index (κ2) is 9.30. The zero-order chi connectivity index (χ0) is 27.0. The molecule has 2 aromatic rings. The SMILES string of the molecule is CN(C)[C@@H]1C(=O)C(C(N)=O)=C(O)[C@@]2(O)C(=O)C3=C(O)c4c(O)ccc(-c5cnc(N)nc5)c4C[C@H]3C[C@@H]12.[W]. The molecule has 0 saturated heterocycles. The van der Waals surface area contributed by atoms with Crippen LogP contribution in [0, 0.1) is 11.8 Å². The van der Waals surface area contributed by atoms with Crippen molar-refractivity contribution in [2.45, 2.75) is 24.5 Å². The molecule has 198 valence electrons. The summed E-state index contributed by atoms with van der Waals surface area (Å²) in [4.78, 5) is 48.5. The molecule has 0 spiro atoms. The number of hydrogen-bond donors (Lipinski definition) is 6. The number of primary amides is 1. The summed E-state index contributed by atoms with van der Waals surface area (Å²) in [6.45, 7) is 0. The predicted molar refractivity (Wildman–Crippen MR) is 130 cm³/mol. The molecule has 4 atom stereocenters. The van der Waals surface area contributed by atoms with Crippen molar-refractivity contribution in [2.24, 2.45) is 17.6 Å². The van der Waals surface area contributed by atoms with Crippen molar-refractivity contribution in [3.8, 4) is 16.9 Å². The summed E-state index contributed by atoms with van der Waals surface area (Å²) < 4.78 is 0. The van der Waals surface area contributed by atoms with Crippen LogP contribution in [-0.2, 0) is 41.9 Å². The van der Waals surface area contributed by atoms with Gasteiger partial charge < -0.3 is 31.9 Å². The topological polar surface area (TPSA) is 213 Å². The second-order valence-corrected chi connectivity index (χ2v) is 9.78. The first-order chi connectivity index (χ1) is 17.4. The van der Waals surface area contributed by atoms with E-state index in [1.807, 2.05) is 0 Å². The number of Topliss-reactive ketones (excluding diaryl/α,β-unsaturated/α-hetero) is 2. The van der Waals surface area contributed by atoms with Gasteiger partial charge >= 0.3 is 0 Å². The number of aliphatic hydroxyl groups is 3. The van der Waals surface area contributed by atoms with Crippen molar-refractivity contribution in [1.29, 1.82) is 0 Å². The van der Waals surface area contributed by atoms with Crippen molar-refractivity contribution in [1.82, 2.24) is 14.9 Å². The van der Waals surface area contributed by atoms with Crippen LogP contribution in [0.3, 0.4) is 0 Å². The minimum absolute atomic E-state index is 0. The third-order valence-electron chi connectivity index (χ3n) is 7.59. The second-order valence-electron chi connectivity index (χ2n) is 9.78. The molecule has 1 heterocycles. The molecule has 38 heavy (non-hydrogen) atoms. The number of hydrogen-bond acceptors (Lipinski definition) is 11.